The molecule has 0 radical (unpaired) electrons. The highest BCUT2D eigenvalue weighted by Crippen LogP contribution is 2.21. The van der Waals surface area contributed by atoms with Crippen molar-refractivity contribution in [3.05, 3.63) is 48.0 Å². The summed E-state index contributed by atoms with van der Waals surface area (Å²) in [6.07, 6.45) is 0.867. The Morgan fingerprint density at radius 3 is 2.33 bits per heavy atom. The first-order valence-corrected chi connectivity index (χ1v) is 3.84. The number of carbonyl (C=O) groups is 1. The van der Waals surface area contributed by atoms with Crippen molar-refractivity contribution in [1.29, 1.82) is 0 Å². The van der Waals surface area contributed by atoms with Crippen LogP contribution in [0.4, 0.5) is 0 Å². The van der Waals surface area contributed by atoms with Crippen LogP contribution in [0.2, 0.25) is 0 Å². The van der Waals surface area contributed by atoms with Crippen LogP contribution in [-0.4, -0.2) is 6.29 Å². The third-order valence-electron chi connectivity index (χ3n) is 1.91. The molecular formula is C11H8O. The molecule has 0 fully saturated rings. The van der Waals surface area contributed by atoms with Gasteiger partial charge >= 0.3 is 0 Å². The Bertz CT molecular complexity index is 379. The van der Waals surface area contributed by atoms with Gasteiger partial charge in [-0.15, -0.1) is 0 Å². The molecule has 0 aromatic rings. The summed E-state index contributed by atoms with van der Waals surface area (Å²) < 4.78 is 0. The van der Waals surface area contributed by atoms with Crippen LogP contribution in [0.3, 0.4) is 0 Å². The Morgan fingerprint density at radius 2 is 1.58 bits per heavy atom. The lowest BCUT2D eigenvalue weighted by Crippen LogP contribution is -1.72. The van der Waals surface area contributed by atoms with Crippen molar-refractivity contribution in [2.45, 2.75) is 0 Å². The van der Waals surface area contributed by atoms with Crippen molar-refractivity contribution in [3.8, 4) is 11.1 Å². The normalized spacial score (nSPS) is 10.0. The van der Waals surface area contributed by atoms with Crippen molar-refractivity contribution >= 4 is 6.29 Å². The van der Waals surface area contributed by atoms with Gasteiger partial charge in [-0.3, -0.25) is 4.79 Å². The van der Waals surface area contributed by atoms with Crippen molar-refractivity contribution in [3.63, 3.8) is 0 Å². The average molecular weight is 156 g/mol. The summed E-state index contributed by atoms with van der Waals surface area (Å²) in [6.45, 7) is 0. The second-order valence-electron chi connectivity index (χ2n) is 2.72. The second-order valence-corrected chi connectivity index (χ2v) is 2.72. The van der Waals surface area contributed by atoms with Gasteiger partial charge in [-0.2, -0.15) is 0 Å². The van der Waals surface area contributed by atoms with E-state index in [0.29, 0.717) is 0 Å². The van der Waals surface area contributed by atoms with Crippen LogP contribution in [0, 0.1) is 0 Å². The van der Waals surface area contributed by atoms with Crippen LogP contribution in [0.5, 0.6) is 0 Å². The zero-order chi connectivity index (χ0) is 8.39. The summed E-state index contributed by atoms with van der Waals surface area (Å²) in [5.41, 5.74) is 3.00. The molecule has 0 atom stereocenters. The maximum atomic E-state index is 10.5. The third-order valence-corrected chi connectivity index (χ3v) is 1.91. The lowest BCUT2D eigenvalue weighted by Gasteiger charge is -1.88. The molecule has 0 aromatic heterocycles. The summed E-state index contributed by atoms with van der Waals surface area (Å²) in [5.74, 6) is 0. The molecule has 0 amide bonds. The van der Waals surface area contributed by atoms with Gasteiger partial charge in [-0.1, -0.05) is 36.4 Å². The minimum Gasteiger partial charge on any atom is -0.298 e. The van der Waals surface area contributed by atoms with Crippen LogP contribution in [0.1, 0.15) is 10.4 Å². The molecule has 1 heteroatoms. The van der Waals surface area contributed by atoms with E-state index in [1.807, 2.05) is 42.5 Å². The highest BCUT2D eigenvalue weighted by molar-refractivity contribution is 5.79. The van der Waals surface area contributed by atoms with Gasteiger partial charge in [0.05, 0.1) is 0 Å². The van der Waals surface area contributed by atoms with E-state index in [9.17, 15) is 4.79 Å². The molecule has 0 aliphatic heterocycles. The van der Waals surface area contributed by atoms with Gasteiger partial charge in [0.2, 0.25) is 0 Å². The van der Waals surface area contributed by atoms with Crippen molar-refractivity contribution < 1.29 is 4.79 Å². The SMILES string of the molecule is O=Cc1cccc2cccc-2c1. The summed E-state index contributed by atoms with van der Waals surface area (Å²) in [7, 11) is 0. The van der Waals surface area contributed by atoms with Gasteiger partial charge in [0.1, 0.15) is 6.29 Å². The smallest absolute Gasteiger partial charge is 0.150 e. The fraction of sp³-hybridized carbons (Fsp3) is 0. The molecule has 12 heavy (non-hydrogen) atoms. The number of hydrogen-bond donors (Lipinski definition) is 0. The fourth-order valence-corrected chi connectivity index (χ4v) is 1.29. The molecule has 0 heterocycles. The van der Waals surface area contributed by atoms with Gasteiger partial charge in [-0.05, 0) is 17.2 Å². The van der Waals surface area contributed by atoms with Crippen LogP contribution >= 0.6 is 0 Å². The lowest BCUT2D eigenvalue weighted by molar-refractivity contribution is 0.112. The maximum absolute atomic E-state index is 10.5. The van der Waals surface area contributed by atoms with Crippen LogP contribution in [0.15, 0.2) is 42.5 Å². The quantitative estimate of drug-likeness (QED) is 0.580. The molecule has 58 valence electrons. The summed E-state index contributed by atoms with van der Waals surface area (Å²) >= 11 is 0. The lowest BCUT2D eigenvalue weighted by atomic mass is 10.2. The van der Waals surface area contributed by atoms with Gasteiger partial charge < -0.3 is 0 Å². The Kier molecular flexibility index (Phi) is 1.63. The van der Waals surface area contributed by atoms with E-state index < -0.39 is 0 Å². The van der Waals surface area contributed by atoms with Crippen LogP contribution in [0.25, 0.3) is 11.1 Å². The summed E-state index contributed by atoms with van der Waals surface area (Å²) in [5, 5.41) is 0. The Hall–Kier alpha value is -1.63. The van der Waals surface area contributed by atoms with E-state index in [1.165, 1.54) is 5.56 Å². The molecule has 0 spiro atoms. The van der Waals surface area contributed by atoms with Crippen molar-refractivity contribution in [2.24, 2.45) is 0 Å². The highest BCUT2D eigenvalue weighted by atomic mass is 16.1. The number of fused-ring (bicyclic) bond motifs is 1. The van der Waals surface area contributed by atoms with Crippen molar-refractivity contribution in [1.82, 2.24) is 0 Å². The first-order chi connectivity index (χ1) is 5.90. The molecule has 0 N–H and O–H groups in total. The zero-order valence-electron chi connectivity index (χ0n) is 6.53. The zero-order valence-corrected chi connectivity index (χ0v) is 6.53. The number of aldehydes is 1. The first kappa shape index (κ1) is 7.04. The standard InChI is InChI=1S/C11H8O/c12-8-9-3-1-4-10-5-2-6-11(10)7-9/h1-8H. The van der Waals surface area contributed by atoms with Crippen LogP contribution < -0.4 is 0 Å². The Labute approximate surface area is 71.0 Å². The summed E-state index contributed by atoms with van der Waals surface area (Å²) in [4.78, 5) is 10.5. The van der Waals surface area contributed by atoms with E-state index >= 15 is 0 Å². The van der Waals surface area contributed by atoms with E-state index in [4.69, 9.17) is 0 Å². The highest BCUT2D eigenvalue weighted by Gasteiger charge is 1.98. The van der Waals surface area contributed by atoms with E-state index in [2.05, 4.69) is 0 Å². The second kappa shape index (κ2) is 2.78. The molecule has 2 aliphatic carbocycles. The molecule has 0 unspecified atom stereocenters. The molecule has 0 bridgehead atoms. The fourth-order valence-electron chi connectivity index (χ4n) is 1.29. The predicted molar refractivity (Wildman–Crippen MR) is 48.5 cm³/mol. The number of hydrogen-bond acceptors (Lipinski definition) is 1. The van der Waals surface area contributed by atoms with Gasteiger partial charge in [0, 0.05) is 5.56 Å². The minimum atomic E-state index is 0.719. The molecule has 1 nitrogen and oxygen atoms in total. The molecule has 0 saturated heterocycles. The largest absolute Gasteiger partial charge is 0.298 e. The van der Waals surface area contributed by atoms with Gasteiger partial charge in [0.15, 0.2) is 0 Å². The number of rotatable bonds is 1. The van der Waals surface area contributed by atoms with Crippen molar-refractivity contribution in [2.75, 3.05) is 0 Å². The van der Waals surface area contributed by atoms with Gasteiger partial charge in [0.25, 0.3) is 0 Å². The molecule has 2 aliphatic rings. The average Bonchev–Trinajstić information content (AvgIpc) is 2.43. The Balaban J connectivity index is 2.68. The monoisotopic (exact) mass is 156 g/mol. The molecular weight excluding hydrogens is 148 g/mol. The molecule has 2 rings (SSSR count). The maximum Gasteiger partial charge on any atom is 0.150 e. The molecule has 0 aromatic carbocycles. The Morgan fingerprint density at radius 1 is 0.917 bits per heavy atom. The van der Waals surface area contributed by atoms with Crippen LogP contribution in [-0.2, 0) is 0 Å². The third kappa shape index (κ3) is 1.10. The first-order valence-electron chi connectivity index (χ1n) is 3.84. The van der Waals surface area contributed by atoms with E-state index in [0.717, 1.165) is 17.4 Å². The predicted octanol–water partition coefficient (Wildman–Crippen LogP) is 2.60. The minimum absolute atomic E-state index is 0.719. The van der Waals surface area contributed by atoms with Gasteiger partial charge in [-0.25, -0.2) is 0 Å². The topological polar surface area (TPSA) is 17.1 Å². The summed E-state index contributed by atoms with van der Waals surface area (Å²) in [6, 6.07) is 13.6. The molecule has 0 saturated carbocycles. The van der Waals surface area contributed by atoms with E-state index in [-0.39, 0.29) is 0 Å². The van der Waals surface area contributed by atoms with E-state index in [1.54, 1.807) is 0 Å². The number of carbonyl (C=O) groups excluding carboxylic acids is 1.